The Hall–Kier alpha value is -3.19. The third-order valence-corrected chi connectivity index (χ3v) is 5.29. The lowest BCUT2D eigenvalue weighted by molar-refractivity contribution is -0.147. The first-order valence-corrected chi connectivity index (χ1v) is 9.80. The van der Waals surface area contributed by atoms with Crippen LogP contribution < -0.4 is 4.74 Å². The van der Waals surface area contributed by atoms with Crippen LogP contribution in [0.4, 0.5) is 4.39 Å². The topological polar surface area (TPSA) is 78.5 Å². The summed E-state index contributed by atoms with van der Waals surface area (Å²) in [6.07, 6.45) is 4.45. The molecule has 0 saturated carbocycles. The minimum absolute atomic E-state index is 0.299. The van der Waals surface area contributed by atoms with E-state index < -0.39 is 5.60 Å². The van der Waals surface area contributed by atoms with Crippen molar-refractivity contribution in [3.63, 3.8) is 0 Å². The fraction of sp³-hybridized carbons (Fsp3) is 0.304. The number of aromatic nitrogens is 2. The van der Waals surface area contributed by atoms with Crippen molar-refractivity contribution in [2.75, 3.05) is 20.2 Å². The molecule has 0 aliphatic carbocycles. The Balaban J connectivity index is 1.74. The highest BCUT2D eigenvalue weighted by atomic mass is 19.1. The molecule has 0 fully saturated rings. The first-order chi connectivity index (χ1) is 14.3. The lowest BCUT2D eigenvalue weighted by Crippen LogP contribution is -2.47. The van der Waals surface area contributed by atoms with Crippen molar-refractivity contribution in [3.05, 3.63) is 54.1 Å². The monoisotopic (exact) mass is 409 g/mol. The van der Waals surface area contributed by atoms with Crippen molar-refractivity contribution >= 4 is 22.5 Å². The number of ether oxygens (including phenoxy) is 1. The second-order valence-corrected chi connectivity index (χ2v) is 7.95. The van der Waals surface area contributed by atoms with Crippen LogP contribution in [0.15, 0.2) is 42.6 Å². The third-order valence-electron chi connectivity index (χ3n) is 5.29. The summed E-state index contributed by atoms with van der Waals surface area (Å²) >= 11 is 0. The quantitative estimate of drug-likeness (QED) is 0.688. The van der Waals surface area contributed by atoms with Crippen LogP contribution in [0.5, 0.6) is 5.75 Å². The highest BCUT2D eigenvalue weighted by molar-refractivity contribution is 5.97. The number of hydrogen-bond acceptors (Lipinski definition) is 4. The molecule has 1 aliphatic rings. The molecule has 6 nitrogen and oxygen atoms in total. The Morgan fingerprint density at radius 1 is 1.27 bits per heavy atom. The first-order valence-electron chi connectivity index (χ1n) is 9.80. The van der Waals surface area contributed by atoms with Crippen LogP contribution in [-0.2, 0) is 4.79 Å². The molecule has 0 atom stereocenters. The molecule has 0 saturated heterocycles. The number of benzene rings is 1. The summed E-state index contributed by atoms with van der Waals surface area (Å²) in [6.45, 7) is 3.96. The van der Waals surface area contributed by atoms with Crippen molar-refractivity contribution in [1.29, 1.82) is 0 Å². The minimum atomic E-state index is -1.41. The van der Waals surface area contributed by atoms with Crippen LogP contribution >= 0.6 is 0 Å². The molecule has 7 heteroatoms. The standard InChI is InChI=1S/C23H24FN3O3/c1-23(2,29)22(28)27-10-4-5-14(13-27)19-12-18-16(8-9-25-21(18)26-19)17-11-15(24)6-7-20(17)30-3/h5-9,11-12,29H,4,10,13H2,1-3H3,(H,25,26). The van der Waals surface area contributed by atoms with Gasteiger partial charge in [0, 0.05) is 35.9 Å². The highest BCUT2D eigenvalue weighted by Crippen LogP contribution is 2.36. The molecule has 1 aromatic carbocycles. The van der Waals surface area contributed by atoms with E-state index in [1.165, 1.54) is 26.0 Å². The summed E-state index contributed by atoms with van der Waals surface area (Å²) in [4.78, 5) is 21.9. The van der Waals surface area contributed by atoms with Crippen molar-refractivity contribution in [1.82, 2.24) is 14.9 Å². The number of hydrogen-bond donors (Lipinski definition) is 2. The number of nitrogens with zero attached hydrogens (tertiary/aromatic N) is 2. The van der Waals surface area contributed by atoms with Crippen LogP contribution in [0.25, 0.3) is 27.7 Å². The third kappa shape index (κ3) is 3.68. The van der Waals surface area contributed by atoms with Gasteiger partial charge in [-0.05, 0) is 61.7 Å². The van der Waals surface area contributed by atoms with Crippen molar-refractivity contribution in [3.8, 4) is 16.9 Å². The number of nitrogens with one attached hydrogen (secondary N) is 1. The fourth-order valence-corrected chi connectivity index (χ4v) is 3.82. The van der Waals surface area contributed by atoms with Gasteiger partial charge in [-0.25, -0.2) is 9.37 Å². The van der Waals surface area contributed by atoms with Gasteiger partial charge in [-0.15, -0.1) is 0 Å². The fourth-order valence-electron chi connectivity index (χ4n) is 3.82. The highest BCUT2D eigenvalue weighted by Gasteiger charge is 2.31. The van der Waals surface area contributed by atoms with Gasteiger partial charge in [0.05, 0.1) is 7.11 Å². The molecule has 0 spiro atoms. The maximum atomic E-state index is 13.9. The van der Waals surface area contributed by atoms with Crippen molar-refractivity contribution < 1.29 is 19.0 Å². The molecule has 4 rings (SSSR count). The summed E-state index contributed by atoms with van der Waals surface area (Å²) in [6, 6.07) is 8.21. The van der Waals surface area contributed by atoms with Crippen molar-refractivity contribution in [2.45, 2.75) is 25.9 Å². The number of rotatable bonds is 4. The predicted octanol–water partition coefficient (Wildman–Crippen LogP) is 3.76. The number of carbonyl (C=O) groups excluding carboxylic acids is 1. The van der Waals surface area contributed by atoms with Crippen LogP contribution in [0, 0.1) is 5.82 Å². The van der Waals surface area contributed by atoms with E-state index in [9.17, 15) is 14.3 Å². The average molecular weight is 409 g/mol. The first kappa shape index (κ1) is 20.1. The molecule has 156 valence electrons. The van der Waals surface area contributed by atoms with Gasteiger partial charge >= 0.3 is 0 Å². The number of fused-ring (bicyclic) bond motifs is 1. The molecule has 2 aromatic heterocycles. The van der Waals surface area contributed by atoms with Gasteiger partial charge in [-0.3, -0.25) is 4.79 Å². The summed E-state index contributed by atoms with van der Waals surface area (Å²) in [7, 11) is 1.55. The zero-order chi connectivity index (χ0) is 21.5. The second-order valence-electron chi connectivity index (χ2n) is 7.95. The number of halogens is 1. The van der Waals surface area contributed by atoms with Crippen LogP contribution in [0.2, 0.25) is 0 Å². The van der Waals surface area contributed by atoms with Crippen LogP contribution in [0.1, 0.15) is 26.0 Å². The molecule has 1 amide bonds. The Kier molecular flexibility index (Phi) is 5.07. The molecular formula is C23H24FN3O3. The van der Waals surface area contributed by atoms with Gasteiger partial charge in [0.15, 0.2) is 0 Å². The van der Waals surface area contributed by atoms with E-state index in [4.69, 9.17) is 4.74 Å². The van der Waals surface area contributed by atoms with Gasteiger partial charge in [-0.1, -0.05) is 6.08 Å². The summed E-state index contributed by atoms with van der Waals surface area (Å²) in [5.41, 5.74) is 2.50. The van der Waals surface area contributed by atoms with E-state index in [0.29, 0.717) is 36.5 Å². The van der Waals surface area contributed by atoms with Gasteiger partial charge in [0.1, 0.15) is 22.8 Å². The van der Waals surface area contributed by atoms with E-state index in [0.717, 1.165) is 22.2 Å². The predicted molar refractivity (Wildman–Crippen MR) is 114 cm³/mol. The Morgan fingerprint density at radius 3 is 2.80 bits per heavy atom. The normalized spacial score (nSPS) is 14.7. The number of H-pyrrole nitrogens is 1. The number of aromatic amines is 1. The summed E-state index contributed by atoms with van der Waals surface area (Å²) in [5.74, 6) is -0.0692. The Bertz CT molecular complexity index is 1140. The zero-order valence-corrected chi connectivity index (χ0v) is 17.2. The number of amides is 1. The number of carbonyl (C=O) groups is 1. The lowest BCUT2D eigenvalue weighted by Gasteiger charge is -2.31. The van der Waals surface area contributed by atoms with Crippen LogP contribution in [-0.4, -0.2) is 51.7 Å². The van der Waals surface area contributed by atoms with Gasteiger partial charge in [-0.2, -0.15) is 0 Å². The van der Waals surface area contributed by atoms with E-state index in [-0.39, 0.29) is 11.7 Å². The molecule has 3 heterocycles. The molecule has 0 unspecified atom stereocenters. The zero-order valence-electron chi connectivity index (χ0n) is 17.2. The minimum Gasteiger partial charge on any atom is -0.496 e. The summed E-state index contributed by atoms with van der Waals surface area (Å²) in [5, 5.41) is 10.9. The van der Waals surface area contributed by atoms with Gasteiger partial charge in [0.2, 0.25) is 0 Å². The Labute approximate surface area is 174 Å². The Morgan fingerprint density at radius 2 is 2.07 bits per heavy atom. The molecule has 3 aromatic rings. The molecule has 0 bridgehead atoms. The number of methoxy groups -OCH3 is 1. The summed E-state index contributed by atoms with van der Waals surface area (Å²) < 4.78 is 19.4. The second kappa shape index (κ2) is 7.57. The number of aliphatic hydroxyl groups is 1. The SMILES string of the molecule is COc1ccc(F)cc1-c1ccnc2[nH]c(C3=CCCN(C(=O)C(C)(C)O)C3)cc12. The van der Waals surface area contributed by atoms with E-state index >= 15 is 0 Å². The molecule has 1 aliphatic heterocycles. The maximum absolute atomic E-state index is 13.9. The van der Waals surface area contributed by atoms with E-state index in [1.54, 1.807) is 24.3 Å². The molecule has 0 radical (unpaired) electrons. The lowest BCUT2D eigenvalue weighted by atomic mass is 10.0. The maximum Gasteiger partial charge on any atom is 0.254 e. The van der Waals surface area contributed by atoms with E-state index in [1.807, 2.05) is 12.1 Å². The van der Waals surface area contributed by atoms with E-state index in [2.05, 4.69) is 16.0 Å². The molecular weight excluding hydrogens is 385 g/mol. The van der Waals surface area contributed by atoms with Gasteiger partial charge < -0.3 is 19.7 Å². The molecule has 30 heavy (non-hydrogen) atoms. The average Bonchev–Trinajstić information content (AvgIpc) is 3.17. The van der Waals surface area contributed by atoms with Gasteiger partial charge in [0.25, 0.3) is 5.91 Å². The smallest absolute Gasteiger partial charge is 0.254 e. The molecule has 2 N–H and O–H groups in total. The van der Waals surface area contributed by atoms with Crippen molar-refractivity contribution in [2.24, 2.45) is 0 Å². The number of pyridine rings is 1. The largest absolute Gasteiger partial charge is 0.496 e. The van der Waals surface area contributed by atoms with Crippen LogP contribution in [0.3, 0.4) is 0 Å².